The molecule has 0 aliphatic rings. The Kier molecular flexibility index (Phi) is 11.5. The van der Waals surface area contributed by atoms with E-state index >= 15 is 0 Å². The lowest BCUT2D eigenvalue weighted by Gasteiger charge is -2.08. The minimum absolute atomic E-state index is 0.417. The van der Waals surface area contributed by atoms with Crippen LogP contribution in [-0.4, -0.2) is 32.8 Å². The van der Waals surface area contributed by atoms with Gasteiger partial charge >= 0.3 is 0 Å². The lowest BCUT2D eigenvalue weighted by molar-refractivity contribution is 0.599. The fourth-order valence-electron chi connectivity index (χ4n) is 2.93. The van der Waals surface area contributed by atoms with Gasteiger partial charge in [-0.15, -0.1) is 9.24 Å². The molecule has 33 heavy (non-hydrogen) atoms. The molecule has 0 heterocycles. The van der Waals surface area contributed by atoms with Crippen molar-refractivity contribution in [3.8, 4) is 0 Å². The molecule has 0 radical (unpaired) electrons. The minimum atomic E-state index is -1.92. The van der Waals surface area contributed by atoms with Gasteiger partial charge in [0.05, 0.1) is 0 Å². The van der Waals surface area contributed by atoms with Crippen molar-refractivity contribution in [1.29, 1.82) is 0 Å². The Balaban J connectivity index is 0.000000195. The van der Waals surface area contributed by atoms with Crippen molar-refractivity contribution in [3.05, 3.63) is 121 Å². The van der Waals surface area contributed by atoms with Crippen molar-refractivity contribution in [2.45, 2.75) is 25.9 Å². The van der Waals surface area contributed by atoms with Gasteiger partial charge in [-0.1, -0.05) is 142 Å². The van der Waals surface area contributed by atoms with Crippen LogP contribution >= 0.6 is 9.24 Å². The maximum absolute atomic E-state index is 10.1. The fraction of sp³-hybridized carbons (Fsp3) is 0.143. The lowest BCUT2D eigenvalue weighted by Crippen LogP contribution is -2.41. The highest BCUT2D eigenvalue weighted by Crippen LogP contribution is 2.12. The van der Waals surface area contributed by atoms with Crippen molar-refractivity contribution in [1.82, 2.24) is 0 Å². The summed E-state index contributed by atoms with van der Waals surface area (Å²) in [6.45, 7) is 6.45. The van der Waals surface area contributed by atoms with E-state index in [1.807, 2.05) is 121 Å². The molecule has 0 aromatic heterocycles. The van der Waals surface area contributed by atoms with Crippen molar-refractivity contribution >= 4 is 48.1 Å². The van der Waals surface area contributed by atoms with Crippen molar-refractivity contribution in [2.75, 3.05) is 0 Å². The van der Waals surface area contributed by atoms with Crippen LogP contribution in [0.25, 0.3) is 0 Å². The van der Waals surface area contributed by atoms with Crippen LogP contribution < -0.4 is 20.7 Å². The summed E-state index contributed by atoms with van der Waals surface area (Å²) in [6.07, 6.45) is 0. The van der Waals surface area contributed by atoms with Gasteiger partial charge in [0.25, 0.3) is 0 Å². The summed E-state index contributed by atoms with van der Waals surface area (Å²) in [5.74, 6) is 0. The molecule has 5 heteroatoms. The average Bonchev–Trinajstić information content (AvgIpc) is 2.85. The average molecular weight is 491 g/mol. The monoisotopic (exact) mass is 490 g/mol. The number of rotatable bonds is 4. The zero-order valence-electron chi connectivity index (χ0n) is 19.7. The highest BCUT2D eigenvalue weighted by atomic mass is 31.0. The van der Waals surface area contributed by atoms with Crippen molar-refractivity contribution in [3.63, 3.8) is 0 Å². The molecule has 0 bridgehead atoms. The zero-order valence-corrected chi connectivity index (χ0v) is 23.1. The molecule has 4 aromatic rings. The highest BCUT2D eigenvalue weighted by Gasteiger charge is 2.12. The normalized spacial score (nSPS) is 10.7. The Hall–Kier alpha value is -2.34. The second-order valence-corrected chi connectivity index (χ2v) is 14.8. The molecule has 172 valence electrons. The molecular formula is C28H35O2PSi2. The Bertz CT molecular complexity index is 859. The van der Waals surface area contributed by atoms with Gasteiger partial charge in [-0.25, -0.2) is 0 Å². The Morgan fingerprint density at radius 2 is 0.606 bits per heavy atom. The van der Waals surface area contributed by atoms with Crippen LogP contribution in [0.4, 0.5) is 0 Å². The van der Waals surface area contributed by atoms with Gasteiger partial charge in [-0.3, -0.25) is 0 Å². The van der Waals surface area contributed by atoms with E-state index in [1.54, 1.807) is 0 Å². The number of hydrogen-bond acceptors (Lipinski definition) is 2. The molecule has 4 aromatic carbocycles. The fourth-order valence-corrected chi connectivity index (χ4v) is 6.04. The minimum Gasteiger partial charge on any atom is -0.426 e. The summed E-state index contributed by atoms with van der Waals surface area (Å²) in [4.78, 5) is 20.3. The first-order chi connectivity index (χ1) is 15.8. The second-order valence-electron chi connectivity index (χ2n) is 8.81. The van der Waals surface area contributed by atoms with Crippen LogP contribution in [0.2, 0.25) is 0 Å². The van der Waals surface area contributed by atoms with Gasteiger partial charge in [-0.05, 0) is 25.9 Å². The highest BCUT2D eigenvalue weighted by molar-refractivity contribution is 7.18. The molecular weight excluding hydrogens is 455 g/mol. The third-order valence-electron chi connectivity index (χ3n) is 4.46. The summed E-state index contributed by atoms with van der Waals surface area (Å²) in [6, 6.07) is 39.5. The molecule has 0 spiro atoms. The molecule has 0 saturated carbocycles. The quantitative estimate of drug-likeness (QED) is 0.341. The van der Waals surface area contributed by atoms with Crippen LogP contribution in [0.3, 0.4) is 0 Å². The SMILES string of the molecule is CC(C)(C)P.O[SiH](c1ccccc1)c1ccccc1.O[SiH](c1ccccc1)c1ccccc1. The zero-order chi connectivity index (χ0) is 24.1. The van der Waals surface area contributed by atoms with Gasteiger partial charge in [0, 0.05) is 0 Å². The first kappa shape index (κ1) is 26.9. The van der Waals surface area contributed by atoms with Gasteiger partial charge < -0.3 is 9.59 Å². The Morgan fingerprint density at radius 1 is 0.455 bits per heavy atom. The van der Waals surface area contributed by atoms with E-state index in [1.165, 1.54) is 0 Å². The smallest absolute Gasteiger partial charge is 0.236 e. The number of hydrogen-bond donors (Lipinski definition) is 2. The summed E-state index contributed by atoms with van der Waals surface area (Å²) >= 11 is 0. The summed E-state index contributed by atoms with van der Waals surface area (Å²) in [5.41, 5.74) is 0. The van der Waals surface area contributed by atoms with Crippen molar-refractivity contribution in [2.24, 2.45) is 0 Å². The molecule has 2 nitrogen and oxygen atoms in total. The standard InChI is InChI=1S/2C12H12OSi.C4H11P/c2*13-14(11-7-3-1-4-8-11)12-9-5-2-6-10-12;1-4(2,3)5/h2*1-10,13-14H;5H2,1-3H3. The Labute approximate surface area is 204 Å². The second kappa shape index (κ2) is 14.0. The number of benzene rings is 4. The van der Waals surface area contributed by atoms with E-state index in [9.17, 15) is 9.59 Å². The molecule has 0 aliphatic carbocycles. The lowest BCUT2D eigenvalue weighted by atomic mass is 10.3. The van der Waals surface area contributed by atoms with Crippen LogP contribution in [0.1, 0.15) is 20.8 Å². The summed E-state index contributed by atoms with van der Waals surface area (Å²) in [7, 11) is -1.12. The van der Waals surface area contributed by atoms with E-state index in [-0.39, 0.29) is 0 Å². The molecule has 1 atom stereocenters. The molecule has 0 fully saturated rings. The van der Waals surface area contributed by atoms with E-state index < -0.39 is 18.1 Å². The largest absolute Gasteiger partial charge is 0.426 e. The van der Waals surface area contributed by atoms with E-state index in [0.29, 0.717) is 5.16 Å². The van der Waals surface area contributed by atoms with Crippen LogP contribution in [0, 0.1) is 0 Å². The van der Waals surface area contributed by atoms with Crippen LogP contribution in [0.5, 0.6) is 0 Å². The maximum atomic E-state index is 10.1. The predicted molar refractivity (Wildman–Crippen MR) is 153 cm³/mol. The Morgan fingerprint density at radius 3 is 0.758 bits per heavy atom. The summed E-state index contributed by atoms with van der Waals surface area (Å²) in [5, 5.41) is 4.69. The predicted octanol–water partition coefficient (Wildman–Crippen LogP) is 2.69. The summed E-state index contributed by atoms with van der Waals surface area (Å²) < 4.78 is 0. The molecule has 0 saturated heterocycles. The van der Waals surface area contributed by atoms with Crippen LogP contribution in [-0.2, 0) is 0 Å². The van der Waals surface area contributed by atoms with Gasteiger partial charge in [0.1, 0.15) is 0 Å². The molecule has 0 aliphatic heterocycles. The molecule has 0 amide bonds. The third-order valence-corrected chi connectivity index (χ3v) is 8.53. The topological polar surface area (TPSA) is 40.5 Å². The molecule has 4 rings (SSSR count). The third kappa shape index (κ3) is 10.9. The van der Waals surface area contributed by atoms with E-state index in [0.717, 1.165) is 20.7 Å². The first-order valence-electron chi connectivity index (χ1n) is 11.1. The van der Waals surface area contributed by atoms with Gasteiger partial charge in [0.2, 0.25) is 18.1 Å². The molecule has 1 unspecified atom stereocenters. The maximum Gasteiger partial charge on any atom is 0.236 e. The molecule has 2 N–H and O–H groups in total. The van der Waals surface area contributed by atoms with Gasteiger partial charge in [0.15, 0.2) is 0 Å². The van der Waals surface area contributed by atoms with E-state index in [2.05, 4.69) is 30.0 Å². The van der Waals surface area contributed by atoms with E-state index in [4.69, 9.17) is 0 Å². The first-order valence-corrected chi connectivity index (χ1v) is 15.0. The van der Waals surface area contributed by atoms with Crippen LogP contribution in [0.15, 0.2) is 121 Å². The van der Waals surface area contributed by atoms with Crippen molar-refractivity contribution < 1.29 is 9.59 Å². The van der Waals surface area contributed by atoms with Gasteiger partial charge in [-0.2, -0.15) is 0 Å².